The van der Waals surface area contributed by atoms with Gasteiger partial charge in [-0.05, 0) is 24.5 Å². The van der Waals surface area contributed by atoms with E-state index in [-0.39, 0.29) is 6.04 Å². The monoisotopic (exact) mass is 191 g/mol. The van der Waals surface area contributed by atoms with E-state index in [1.54, 1.807) is 0 Å². The fraction of sp³-hybridized carbons (Fsp3) is 0.364. The number of carboxylic acid groups (broad SMARTS) is 1. The maximum absolute atomic E-state index is 10.9. The number of amides is 1. The Morgan fingerprint density at radius 3 is 2.93 bits per heavy atom. The topological polar surface area (TPSA) is 40.5 Å². The lowest BCUT2D eigenvalue weighted by Gasteiger charge is -2.32. The van der Waals surface area contributed by atoms with E-state index in [0.29, 0.717) is 6.54 Å². The summed E-state index contributed by atoms with van der Waals surface area (Å²) < 4.78 is 0. The van der Waals surface area contributed by atoms with Gasteiger partial charge in [-0.15, -0.1) is 0 Å². The summed E-state index contributed by atoms with van der Waals surface area (Å²) in [5.74, 6) is 0. The van der Waals surface area contributed by atoms with Crippen molar-refractivity contribution in [2.24, 2.45) is 0 Å². The van der Waals surface area contributed by atoms with E-state index in [4.69, 9.17) is 5.11 Å². The Balaban J connectivity index is 2.36. The summed E-state index contributed by atoms with van der Waals surface area (Å²) in [7, 11) is 0. The van der Waals surface area contributed by atoms with Crippen molar-refractivity contribution in [3.8, 4) is 0 Å². The van der Waals surface area contributed by atoms with Gasteiger partial charge in [0, 0.05) is 6.54 Å². The number of rotatable bonds is 0. The lowest BCUT2D eigenvalue weighted by atomic mass is 9.94. The minimum Gasteiger partial charge on any atom is -0.465 e. The number of fused-ring (bicyclic) bond motifs is 1. The highest BCUT2D eigenvalue weighted by Gasteiger charge is 2.26. The van der Waals surface area contributed by atoms with E-state index in [9.17, 15) is 4.79 Å². The fourth-order valence-electron chi connectivity index (χ4n) is 2.03. The quantitative estimate of drug-likeness (QED) is 0.683. The van der Waals surface area contributed by atoms with Gasteiger partial charge in [-0.25, -0.2) is 4.79 Å². The number of carbonyl (C=O) groups is 1. The predicted molar refractivity (Wildman–Crippen MR) is 53.3 cm³/mol. The molecule has 2 rings (SSSR count). The minimum absolute atomic E-state index is 0.0163. The van der Waals surface area contributed by atoms with Gasteiger partial charge in [0.2, 0.25) is 0 Å². The first-order valence-corrected chi connectivity index (χ1v) is 4.77. The molecule has 3 nitrogen and oxygen atoms in total. The molecule has 0 bridgehead atoms. The zero-order chi connectivity index (χ0) is 10.1. The normalized spacial score (nSPS) is 20.4. The van der Waals surface area contributed by atoms with Crippen molar-refractivity contribution in [1.29, 1.82) is 0 Å². The Morgan fingerprint density at radius 1 is 1.50 bits per heavy atom. The summed E-state index contributed by atoms with van der Waals surface area (Å²) in [4.78, 5) is 12.4. The molecule has 0 saturated heterocycles. The van der Waals surface area contributed by atoms with Crippen molar-refractivity contribution >= 4 is 6.09 Å². The van der Waals surface area contributed by atoms with Crippen LogP contribution in [0.5, 0.6) is 0 Å². The molecule has 0 aliphatic carbocycles. The molecule has 14 heavy (non-hydrogen) atoms. The van der Waals surface area contributed by atoms with E-state index >= 15 is 0 Å². The van der Waals surface area contributed by atoms with Gasteiger partial charge in [0.25, 0.3) is 0 Å². The molecular weight excluding hydrogens is 178 g/mol. The van der Waals surface area contributed by atoms with Gasteiger partial charge in [0.1, 0.15) is 0 Å². The molecule has 1 unspecified atom stereocenters. The average molecular weight is 191 g/mol. The van der Waals surface area contributed by atoms with E-state index in [2.05, 4.69) is 6.07 Å². The van der Waals surface area contributed by atoms with Crippen LogP contribution in [-0.4, -0.2) is 22.6 Å². The fourth-order valence-corrected chi connectivity index (χ4v) is 2.03. The van der Waals surface area contributed by atoms with Crippen LogP contribution in [0.3, 0.4) is 0 Å². The Bertz CT molecular complexity index is 362. The Labute approximate surface area is 83.0 Å². The van der Waals surface area contributed by atoms with Crippen LogP contribution in [0, 0.1) is 0 Å². The molecule has 1 aromatic carbocycles. The predicted octanol–water partition coefficient (Wildman–Crippen LogP) is 2.28. The summed E-state index contributed by atoms with van der Waals surface area (Å²) in [6.45, 7) is 2.54. The summed E-state index contributed by atoms with van der Waals surface area (Å²) >= 11 is 0. The molecule has 1 amide bonds. The Hall–Kier alpha value is -1.51. The first kappa shape index (κ1) is 9.06. The zero-order valence-corrected chi connectivity index (χ0v) is 8.10. The lowest BCUT2D eigenvalue weighted by Crippen LogP contribution is -2.37. The van der Waals surface area contributed by atoms with Crippen LogP contribution in [0.15, 0.2) is 24.3 Å². The second kappa shape index (κ2) is 3.33. The third kappa shape index (κ3) is 1.35. The number of benzene rings is 1. The van der Waals surface area contributed by atoms with Crippen molar-refractivity contribution in [3.63, 3.8) is 0 Å². The Kier molecular flexibility index (Phi) is 2.15. The first-order valence-electron chi connectivity index (χ1n) is 4.77. The maximum atomic E-state index is 10.9. The average Bonchev–Trinajstić information content (AvgIpc) is 2.18. The molecular formula is C11H13NO2. The van der Waals surface area contributed by atoms with Crippen molar-refractivity contribution in [2.75, 3.05) is 6.54 Å². The van der Waals surface area contributed by atoms with Gasteiger partial charge in [0.05, 0.1) is 6.04 Å². The van der Waals surface area contributed by atoms with Gasteiger partial charge < -0.3 is 10.0 Å². The Morgan fingerprint density at radius 2 is 2.21 bits per heavy atom. The number of hydrogen-bond donors (Lipinski definition) is 1. The SMILES string of the molecule is CC1c2ccccc2CCN1C(=O)O. The lowest BCUT2D eigenvalue weighted by molar-refractivity contribution is 0.124. The minimum atomic E-state index is -0.827. The molecule has 0 radical (unpaired) electrons. The van der Waals surface area contributed by atoms with E-state index in [0.717, 1.165) is 12.0 Å². The van der Waals surface area contributed by atoms with Crippen molar-refractivity contribution < 1.29 is 9.90 Å². The molecule has 1 aliphatic heterocycles. The maximum Gasteiger partial charge on any atom is 0.407 e. The molecule has 1 aromatic rings. The highest BCUT2D eigenvalue weighted by atomic mass is 16.4. The molecule has 0 saturated carbocycles. The standard InChI is InChI=1S/C11H13NO2/c1-8-10-5-3-2-4-9(10)6-7-12(8)11(13)14/h2-5,8H,6-7H2,1H3,(H,13,14). The number of hydrogen-bond acceptors (Lipinski definition) is 1. The van der Waals surface area contributed by atoms with Crippen molar-refractivity contribution in [2.45, 2.75) is 19.4 Å². The molecule has 3 heteroatoms. The molecule has 1 N–H and O–H groups in total. The highest BCUT2D eigenvalue weighted by Crippen LogP contribution is 2.28. The second-order valence-corrected chi connectivity index (χ2v) is 3.60. The van der Waals surface area contributed by atoms with Gasteiger partial charge >= 0.3 is 6.09 Å². The number of nitrogens with zero attached hydrogens (tertiary/aromatic N) is 1. The summed E-state index contributed by atoms with van der Waals surface area (Å²) in [5.41, 5.74) is 2.42. The summed E-state index contributed by atoms with van der Waals surface area (Å²) in [6.07, 6.45) is -0.000645. The molecule has 1 atom stereocenters. The van der Waals surface area contributed by atoms with E-state index < -0.39 is 6.09 Å². The van der Waals surface area contributed by atoms with Crippen LogP contribution in [0.2, 0.25) is 0 Å². The van der Waals surface area contributed by atoms with Gasteiger partial charge in [-0.1, -0.05) is 24.3 Å². The first-order chi connectivity index (χ1) is 6.70. The molecule has 1 heterocycles. The molecule has 0 fully saturated rings. The third-order valence-corrected chi connectivity index (χ3v) is 2.84. The molecule has 1 aliphatic rings. The molecule has 0 aromatic heterocycles. The smallest absolute Gasteiger partial charge is 0.407 e. The molecule has 0 spiro atoms. The van der Waals surface area contributed by atoms with Crippen LogP contribution in [-0.2, 0) is 6.42 Å². The zero-order valence-electron chi connectivity index (χ0n) is 8.10. The third-order valence-electron chi connectivity index (χ3n) is 2.84. The largest absolute Gasteiger partial charge is 0.465 e. The van der Waals surface area contributed by atoms with Crippen LogP contribution < -0.4 is 0 Å². The highest BCUT2D eigenvalue weighted by molar-refractivity contribution is 5.66. The van der Waals surface area contributed by atoms with Gasteiger partial charge in [0.15, 0.2) is 0 Å². The van der Waals surface area contributed by atoms with Crippen LogP contribution >= 0.6 is 0 Å². The van der Waals surface area contributed by atoms with E-state index in [1.807, 2.05) is 25.1 Å². The van der Waals surface area contributed by atoms with Gasteiger partial charge in [-0.2, -0.15) is 0 Å². The molecule has 74 valence electrons. The summed E-state index contributed by atoms with van der Waals surface area (Å²) in [5, 5.41) is 8.96. The summed E-state index contributed by atoms with van der Waals surface area (Å²) in [6, 6.07) is 8.03. The van der Waals surface area contributed by atoms with Crippen LogP contribution in [0.4, 0.5) is 4.79 Å². The van der Waals surface area contributed by atoms with Crippen molar-refractivity contribution in [3.05, 3.63) is 35.4 Å². The van der Waals surface area contributed by atoms with E-state index in [1.165, 1.54) is 10.5 Å². The van der Waals surface area contributed by atoms with Gasteiger partial charge in [-0.3, -0.25) is 0 Å². The van der Waals surface area contributed by atoms with Crippen LogP contribution in [0.25, 0.3) is 0 Å². The second-order valence-electron chi connectivity index (χ2n) is 3.60. The van der Waals surface area contributed by atoms with Crippen molar-refractivity contribution in [1.82, 2.24) is 4.90 Å². The van der Waals surface area contributed by atoms with Crippen LogP contribution in [0.1, 0.15) is 24.1 Å².